The summed E-state index contributed by atoms with van der Waals surface area (Å²) in [5.74, 6) is 0.289. The number of anilines is 1. The van der Waals surface area contributed by atoms with Crippen molar-refractivity contribution in [3.63, 3.8) is 0 Å². The minimum absolute atomic E-state index is 0.220. The average Bonchev–Trinajstić information content (AvgIpc) is 3.31. The van der Waals surface area contributed by atoms with E-state index in [9.17, 15) is 4.79 Å². The number of aromatic nitrogens is 3. The van der Waals surface area contributed by atoms with Crippen molar-refractivity contribution in [1.29, 1.82) is 0 Å². The van der Waals surface area contributed by atoms with Gasteiger partial charge in [-0.1, -0.05) is 12.1 Å². The van der Waals surface area contributed by atoms with Crippen molar-refractivity contribution < 1.29 is 4.79 Å². The molecule has 0 radical (unpaired) electrons. The molecule has 7 heteroatoms. The van der Waals surface area contributed by atoms with Crippen molar-refractivity contribution in [2.75, 3.05) is 5.32 Å². The lowest BCUT2D eigenvalue weighted by Gasteiger charge is -2.24. The molecule has 0 spiro atoms. The van der Waals surface area contributed by atoms with Crippen LogP contribution in [0.1, 0.15) is 31.3 Å². The van der Waals surface area contributed by atoms with Crippen LogP contribution in [-0.4, -0.2) is 20.4 Å². The third kappa shape index (κ3) is 3.04. The molecule has 0 unspecified atom stereocenters. The monoisotopic (exact) mass is 382 g/mol. The molecule has 1 amide bonds. The molecule has 0 aliphatic carbocycles. The maximum Gasteiger partial charge on any atom is 0.277 e. The van der Waals surface area contributed by atoms with Gasteiger partial charge in [0.05, 0.1) is 11.0 Å². The smallest absolute Gasteiger partial charge is 0.277 e. The molecule has 132 valence electrons. The van der Waals surface area contributed by atoms with Crippen LogP contribution in [0.4, 0.5) is 5.95 Å². The first kappa shape index (κ1) is 16.9. The van der Waals surface area contributed by atoms with Crippen molar-refractivity contribution >= 4 is 45.6 Å². The third-order valence-electron chi connectivity index (χ3n) is 3.96. The summed E-state index contributed by atoms with van der Waals surface area (Å²) in [6.45, 7) is 6.27. The molecule has 4 rings (SSSR count). The predicted octanol–water partition coefficient (Wildman–Crippen LogP) is 5.23. The Kier molecular flexibility index (Phi) is 4.13. The van der Waals surface area contributed by atoms with Gasteiger partial charge in [0.25, 0.3) is 5.91 Å². The molecule has 3 aromatic heterocycles. The maximum atomic E-state index is 12.7. The number of nitrogens with one attached hydrogen (secondary N) is 1. The first-order chi connectivity index (χ1) is 12.4. The maximum absolute atomic E-state index is 12.7. The summed E-state index contributed by atoms with van der Waals surface area (Å²) in [6, 6.07) is 9.89. The number of fused-ring (bicyclic) bond motifs is 1. The molecule has 0 bridgehead atoms. The zero-order valence-corrected chi connectivity index (χ0v) is 16.3. The van der Waals surface area contributed by atoms with E-state index in [0.29, 0.717) is 11.6 Å². The van der Waals surface area contributed by atoms with Crippen LogP contribution in [0.25, 0.3) is 21.6 Å². The number of thiophene rings is 1. The normalized spacial score (nSPS) is 11.8. The molecule has 0 atom stereocenters. The van der Waals surface area contributed by atoms with Crippen LogP contribution in [0.15, 0.2) is 46.5 Å². The van der Waals surface area contributed by atoms with Crippen molar-refractivity contribution in [3.8, 4) is 10.6 Å². The number of nitrogens with zero attached hydrogens (tertiary/aromatic N) is 3. The van der Waals surface area contributed by atoms with Gasteiger partial charge in [-0.15, -0.1) is 11.3 Å². The second-order valence-corrected chi connectivity index (χ2v) is 8.57. The molecule has 0 saturated carbocycles. The fourth-order valence-corrected chi connectivity index (χ4v) is 4.36. The Morgan fingerprint density at radius 1 is 1.12 bits per heavy atom. The summed E-state index contributed by atoms with van der Waals surface area (Å²) < 4.78 is 2.05. The number of hydrogen-bond acceptors (Lipinski definition) is 5. The Bertz CT molecular complexity index is 1070. The molecule has 26 heavy (non-hydrogen) atoms. The highest BCUT2D eigenvalue weighted by atomic mass is 32.1. The van der Waals surface area contributed by atoms with E-state index in [2.05, 4.69) is 36.1 Å². The number of imidazole rings is 1. The fraction of sp³-hybridized carbons (Fsp3) is 0.211. The van der Waals surface area contributed by atoms with E-state index in [1.165, 1.54) is 11.3 Å². The lowest BCUT2D eigenvalue weighted by molar-refractivity contribution is 0.102. The number of rotatable bonds is 3. The van der Waals surface area contributed by atoms with Crippen LogP contribution < -0.4 is 5.32 Å². The van der Waals surface area contributed by atoms with Gasteiger partial charge in [-0.3, -0.25) is 10.1 Å². The molecule has 0 aliphatic heterocycles. The number of carbonyl (C=O) groups is 1. The Hall–Kier alpha value is -2.51. The Morgan fingerprint density at radius 2 is 1.92 bits per heavy atom. The number of para-hydroxylation sites is 2. The molecule has 0 fully saturated rings. The number of hydrogen-bond donors (Lipinski definition) is 1. The van der Waals surface area contributed by atoms with E-state index in [4.69, 9.17) is 0 Å². The Morgan fingerprint density at radius 3 is 2.65 bits per heavy atom. The number of amides is 1. The van der Waals surface area contributed by atoms with E-state index >= 15 is 0 Å². The van der Waals surface area contributed by atoms with Gasteiger partial charge in [0.15, 0.2) is 0 Å². The second-order valence-electron chi connectivity index (χ2n) is 6.93. The van der Waals surface area contributed by atoms with Crippen molar-refractivity contribution in [2.24, 2.45) is 0 Å². The molecule has 1 N–H and O–H groups in total. The molecule has 1 aromatic carbocycles. The zero-order valence-electron chi connectivity index (χ0n) is 14.7. The SMILES string of the molecule is CC(C)(C)n1c(NC(=O)c2csc(-c3ccsc3)n2)nc2ccccc21. The van der Waals surface area contributed by atoms with Gasteiger partial charge in [-0.05, 0) is 44.4 Å². The molecular weight excluding hydrogens is 364 g/mol. The molecule has 0 saturated heterocycles. The van der Waals surface area contributed by atoms with Gasteiger partial charge in [-0.25, -0.2) is 9.97 Å². The third-order valence-corrected chi connectivity index (χ3v) is 5.54. The summed E-state index contributed by atoms with van der Waals surface area (Å²) in [5, 5.41) is 9.60. The molecule has 0 aliphatic rings. The summed E-state index contributed by atoms with van der Waals surface area (Å²) in [5.41, 5.74) is 3.08. The Balaban J connectivity index is 1.68. The van der Waals surface area contributed by atoms with Gasteiger partial charge < -0.3 is 4.57 Å². The minimum atomic E-state index is -0.247. The van der Waals surface area contributed by atoms with Crippen LogP contribution in [-0.2, 0) is 5.54 Å². The van der Waals surface area contributed by atoms with E-state index in [-0.39, 0.29) is 11.4 Å². The van der Waals surface area contributed by atoms with E-state index in [1.807, 2.05) is 45.7 Å². The molecular formula is C19H18N4OS2. The topological polar surface area (TPSA) is 59.8 Å². The van der Waals surface area contributed by atoms with E-state index in [0.717, 1.165) is 21.6 Å². The fourth-order valence-electron chi connectivity index (χ4n) is 2.85. The predicted molar refractivity (Wildman–Crippen MR) is 108 cm³/mol. The molecule has 4 aromatic rings. The van der Waals surface area contributed by atoms with Gasteiger partial charge in [0.2, 0.25) is 5.95 Å². The highest BCUT2D eigenvalue weighted by Crippen LogP contribution is 2.29. The van der Waals surface area contributed by atoms with Crippen LogP contribution >= 0.6 is 22.7 Å². The quantitative estimate of drug-likeness (QED) is 0.528. The first-order valence-corrected chi connectivity index (χ1v) is 10.0. The number of carbonyl (C=O) groups excluding carboxylic acids is 1. The van der Waals surface area contributed by atoms with Crippen molar-refractivity contribution in [2.45, 2.75) is 26.3 Å². The van der Waals surface area contributed by atoms with Crippen LogP contribution in [0.5, 0.6) is 0 Å². The van der Waals surface area contributed by atoms with Crippen molar-refractivity contribution in [3.05, 3.63) is 52.2 Å². The summed E-state index contributed by atoms with van der Waals surface area (Å²) in [6.07, 6.45) is 0. The molecule has 3 heterocycles. The van der Waals surface area contributed by atoms with Gasteiger partial charge in [0, 0.05) is 21.9 Å². The van der Waals surface area contributed by atoms with E-state index in [1.54, 1.807) is 16.7 Å². The average molecular weight is 383 g/mol. The molecule has 5 nitrogen and oxygen atoms in total. The number of thiazole rings is 1. The Labute approximate surface area is 159 Å². The lowest BCUT2D eigenvalue weighted by Crippen LogP contribution is -2.26. The van der Waals surface area contributed by atoms with Crippen LogP contribution in [0.2, 0.25) is 0 Å². The lowest BCUT2D eigenvalue weighted by atomic mass is 10.1. The standard InChI is InChI=1S/C19H18N4OS2/c1-19(2,3)23-15-7-5-4-6-13(15)21-18(23)22-16(24)14-11-26-17(20-14)12-8-9-25-10-12/h4-11H,1-3H3,(H,21,22,24). The summed E-state index contributed by atoms with van der Waals surface area (Å²) >= 11 is 3.08. The highest BCUT2D eigenvalue weighted by Gasteiger charge is 2.23. The van der Waals surface area contributed by atoms with Gasteiger partial charge in [-0.2, -0.15) is 11.3 Å². The second kappa shape index (κ2) is 6.34. The summed E-state index contributed by atoms with van der Waals surface area (Å²) in [4.78, 5) is 21.8. The number of benzene rings is 1. The van der Waals surface area contributed by atoms with Crippen LogP contribution in [0.3, 0.4) is 0 Å². The van der Waals surface area contributed by atoms with Gasteiger partial charge in [0.1, 0.15) is 10.7 Å². The van der Waals surface area contributed by atoms with Crippen LogP contribution in [0, 0.1) is 0 Å². The van der Waals surface area contributed by atoms with Crippen molar-refractivity contribution in [1.82, 2.24) is 14.5 Å². The largest absolute Gasteiger partial charge is 0.305 e. The highest BCUT2D eigenvalue weighted by molar-refractivity contribution is 7.14. The van der Waals surface area contributed by atoms with Gasteiger partial charge >= 0.3 is 0 Å². The minimum Gasteiger partial charge on any atom is -0.305 e. The first-order valence-electron chi connectivity index (χ1n) is 8.21. The summed E-state index contributed by atoms with van der Waals surface area (Å²) in [7, 11) is 0. The zero-order chi connectivity index (χ0) is 18.3. The van der Waals surface area contributed by atoms with E-state index < -0.39 is 0 Å².